The maximum Gasteiger partial charge on any atom is 0.239 e. The predicted molar refractivity (Wildman–Crippen MR) is 86.9 cm³/mol. The molecule has 0 spiro atoms. The number of hydrogen-bond donors (Lipinski definition) is 2. The smallest absolute Gasteiger partial charge is 0.239 e. The third-order valence-electron chi connectivity index (χ3n) is 3.12. The Bertz CT molecular complexity index is 558. The van der Waals surface area contributed by atoms with E-state index in [1.807, 2.05) is 0 Å². The molecule has 0 aliphatic carbocycles. The lowest BCUT2D eigenvalue weighted by Crippen LogP contribution is -2.42. The molecule has 1 aliphatic heterocycles. The van der Waals surface area contributed by atoms with E-state index < -0.39 is 31.0 Å². The number of carbonyl (C=O) groups excluding carboxylic acids is 1. The number of nitrogens with two attached hydrogens (primary N) is 1. The van der Waals surface area contributed by atoms with Crippen molar-refractivity contribution >= 4 is 38.2 Å². The second-order valence-corrected chi connectivity index (χ2v) is 9.65. The molecule has 3 N–H and O–H groups in total. The highest BCUT2D eigenvalue weighted by Gasteiger charge is 2.23. The number of rotatable bonds is 8. The Morgan fingerprint density at radius 1 is 1.23 bits per heavy atom. The molecule has 22 heavy (non-hydrogen) atoms. The molecule has 1 atom stereocenters. The van der Waals surface area contributed by atoms with Gasteiger partial charge in [-0.3, -0.25) is 4.79 Å². The Kier molecular flexibility index (Phi) is 8.85. The van der Waals surface area contributed by atoms with E-state index >= 15 is 0 Å². The highest BCUT2D eigenvalue weighted by atomic mass is 35.5. The number of carbonyl (C=O) groups is 1. The number of nitrogens with zero attached hydrogens (tertiary/aromatic N) is 1. The maximum absolute atomic E-state index is 11.9. The van der Waals surface area contributed by atoms with E-state index in [-0.39, 0.29) is 24.9 Å². The maximum atomic E-state index is 11.9. The fourth-order valence-electron chi connectivity index (χ4n) is 2.17. The van der Waals surface area contributed by atoms with E-state index in [4.69, 9.17) is 5.73 Å². The summed E-state index contributed by atoms with van der Waals surface area (Å²) >= 11 is 0. The molecular formula is C11H24ClN3O5S2. The van der Waals surface area contributed by atoms with Crippen LogP contribution in [0.5, 0.6) is 0 Å². The van der Waals surface area contributed by atoms with Gasteiger partial charge in [0.1, 0.15) is 0 Å². The van der Waals surface area contributed by atoms with Gasteiger partial charge < -0.3 is 10.6 Å². The average molecular weight is 378 g/mol. The summed E-state index contributed by atoms with van der Waals surface area (Å²) in [4.78, 5) is 13.6. The first-order valence-electron chi connectivity index (χ1n) is 6.80. The van der Waals surface area contributed by atoms with Crippen LogP contribution in [0.1, 0.15) is 25.7 Å². The van der Waals surface area contributed by atoms with Gasteiger partial charge in [-0.1, -0.05) is 0 Å². The number of halogens is 1. The molecule has 1 fully saturated rings. The van der Waals surface area contributed by atoms with Crippen molar-refractivity contribution in [2.45, 2.75) is 31.7 Å². The number of sulfonamides is 1. The lowest BCUT2D eigenvalue weighted by molar-refractivity contribution is -0.131. The van der Waals surface area contributed by atoms with Gasteiger partial charge in [0.15, 0.2) is 14.9 Å². The third kappa shape index (κ3) is 8.28. The van der Waals surface area contributed by atoms with Crippen molar-refractivity contribution in [3.05, 3.63) is 0 Å². The Hall–Kier alpha value is -0.420. The predicted octanol–water partition coefficient (Wildman–Crippen LogP) is -0.940. The summed E-state index contributed by atoms with van der Waals surface area (Å²) in [6, 6.07) is -0.637. The number of nitrogens with one attached hydrogen (secondary N) is 1. The molecule has 1 aliphatic rings. The summed E-state index contributed by atoms with van der Waals surface area (Å²) in [5, 5.41) is -0.932. The Morgan fingerprint density at radius 2 is 1.77 bits per heavy atom. The highest BCUT2D eigenvalue weighted by molar-refractivity contribution is 8.06. The zero-order chi connectivity index (χ0) is 16.1. The number of sulfone groups is 1. The normalized spacial score (nSPS) is 17.1. The van der Waals surface area contributed by atoms with Crippen LogP contribution in [0.2, 0.25) is 0 Å². The van der Waals surface area contributed by atoms with Crippen LogP contribution >= 0.6 is 12.4 Å². The minimum Gasteiger partial charge on any atom is -0.341 e. The lowest BCUT2D eigenvalue weighted by Gasteiger charge is -2.20. The third-order valence-corrected chi connectivity index (χ3v) is 6.72. The molecule has 11 heteroatoms. The highest BCUT2D eigenvalue weighted by Crippen LogP contribution is 2.10. The Morgan fingerprint density at radius 3 is 2.27 bits per heavy atom. The molecule has 0 radical (unpaired) electrons. The molecule has 0 unspecified atom stereocenters. The Balaban J connectivity index is 0.00000441. The van der Waals surface area contributed by atoms with E-state index in [0.717, 1.165) is 32.2 Å². The zero-order valence-corrected chi connectivity index (χ0v) is 15.0. The van der Waals surface area contributed by atoms with Gasteiger partial charge in [-0.15, -0.1) is 12.4 Å². The van der Waals surface area contributed by atoms with Gasteiger partial charge in [0, 0.05) is 25.9 Å². The minimum absolute atomic E-state index is 0. The number of amides is 1. The summed E-state index contributed by atoms with van der Waals surface area (Å²) in [6.45, 7) is 1.53. The van der Waals surface area contributed by atoms with Gasteiger partial charge in [0.2, 0.25) is 15.9 Å². The van der Waals surface area contributed by atoms with E-state index in [9.17, 15) is 21.6 Å². The second kappa shape index (κ2) is 9.02. The fraction of sp³-hybridized carbons (Fsp3) is 0.909. The molecular weight excluding hydrogens is 354 g/mol. The van der Waals surface area contributed by atoms with Gasteiger partial charge >= 0.3 is 0 Å². The molecule has 1 rings (SSSR count). The van der Waals surface area contributed by atoms with Crippen LogP contribution in [0.3, 0.4) is 0 Å². The monoisotopic (exact) mass is 377 g/mol. The van der Waals surface area contributed by atoms with Crippen LogP contribution in [0.4, 0.5) is 0 Å². The summed E-state index contributed by atoms with van der Waals surface area (Å²) in [5.41, 5.74) is 5.78. The molecule has 0 bridgehead atoms. The quantitative estimate of drug-likeness (QED) is 0.525. The van der Waals surface area contributed by atoms with Crippen LogP contribution in [0.25, 0.3) is 0 Å². The first kappa shape index (κ1) is 21.6. The van der Waals surface area contributed by atoms with Crippen molar-refractivity contribution in [3.8, 4) is 0 Å². The average Bonchev–Trinajstić information content (AvgIpc) is 2.84. The van der Waals surface area contributed by atoms with Gasteiger partial charge in [0.05, 0.1) is 6.04 Å². The molecule has 0 aromatic heterocycles. The van der Waals surface area contributed by atoms with E-state index in [1.165, 1.54) is 0 Å². The molecule has 132 valence electrons. The molecule has 0 aromatic carbocycles. The molecule has 1 amide bonds. The van der Waals surface area contributed by atoms with Crippen LogP contribution < -0.4 is 10.5 Å². The fourth-order valence-corrected chi connectivity index (χ4v) is 5.21. The van der Waals surface area contributed by atoms with Crippen LogP contribution in [0, 0.1) is 0 Å². The van der Waals surface area contributed by atoms with Crippen LogP contribution in [0.15, 0.2) is 0 Å². The Labute approximate surface area is 138 Å². The van der Waals surface area contributed by atoms with Gasteiger partial charge in [-0.2, -0.15) is 0 Å². The molecule has 0 aromatic rings. The minimum atomic E-state index is -3.85. The topological polar surface area (TPSA) is 127 Å². The van der Waals surface area contributed by atoms with Gasteiger partial charge in [-0.25, -0.2) is 21.6 Å². The van der Waals surface area contributed by atoms with Gasteiger partial charge in [-0.05, 0) is 25.7 Å². The molecule has 1 saturated heterocycles. The van der Waals surface area contributed by atoms with Crippen molar-refractivity contribution < 1.29 is 21.6 Å². The van der Waals surface area contributed by atoms with Gasteiger partial charge in [0.25, 0.3) is 0 Å². The number of likely N-dealkylation sites (tertiary alicyclic amines) is 1. The summed E-state index contributed by atoms with van der Waals surface area (Å²) in [6.07, 6.45) is 3.57. The van der Waals surface area contributed by atoms with Crippen molar-refractivity contribution in [1.82, 2.24) is 9.62 Å². The first-order chi connectivity index (χ1) is 9.61. The zero-order valence-electron chi connectivity index (χ0n) is 12.5. The molecule has 1 heterocycles. The van der Waals surface area contributed by atoms with Crippen molar-refractivity contribution in [3.63, 3.8) is 0 Å². The largest absolute Gasteiger partial charge is 0.341 e. The SMILES string of the molecule is CS(=O)(=O)CS(=O)(=O)NCCC[C@H](N)C(=O)N1CCCC1.Cl. The van der Waals surface area contributed by atoms with Crippen molar-refractivity contribution in [2.75, 3.05) is 31.0 Å². The molecule has 0 saturated carbocycles. The van der Waals surface area contributed by atoms with Crippen molar-refractivity contribution in [2.24, 2.45) is 5.73 Å². The second-order valence-electron chi connectivity index (χ2n) is 5.33. The van der Waals surface area contributed by atoms with E-state index in [2.05, 4.69) is 4.72 Å². The van der Waals surface area contributed by atoms with E-state index in [0.29, 0.717) is 12.8 Å². The van der Waals surface area contributed by atoms with Crippen LogP contribution in [-0.4, -0.2) is 64.7 Å². The standard InChI is InChI=1S/C11H23N3O5S2.ClH/c1-20(16,17)9-21(18,19)13-6-4-5-10(12)11(15)14-7-2-3-8-14;/h10,13H,2-9,12H2,1H3;1H/t10-;/m0./s1. The first-order valence-corrected chi connectivity index (χ1v) is 10.5. The summed E-state index contributed by atoms with van der Waals surface area (Å²) in [7, 11) is -7.44. The van der Waals surface area contributed by atoms with E-state index in [1.54, 1.807) is 4.90 Å². The van der Waals surface area contributed by atoms with Crippen LogP contribution in [-0.2, 0) is 24.7 Å². The lowest BCUT2D eigenvalue weighted by atomic mass is 10.1. The molecule has 8 nitrogen and oxygen atoms in total. The van der Waals surface area contributed by atoms with Crippen molar-refractivity contribution in [1.29, 1.82) is 0 Å². The number of hydrogen-bond acceptors (Lipinski definition) is 6. The summed E-state index contributed by atoms with van der Waals surface area (Å²) in [5.74, 6) is -0.105. The summed E-state index contributed by atoms with van der Waals surface area (Å²) < 4.78 is 46.9.